The quantitative estimate of drug-likeness (QED) is 0.868. The monoisotopic (exact) mass is 359 g/mol. The second-order valence-electron chi connectivity index (χ2n) is 5.15. The van der Waals surface area contributed by atoms with Crippen LogP contribution in [-0.4, -0.2) is 29.4 Å². The second-order valence-corrected chi connectivity index (χ2v) is 6.09. The van der Waals surface area contributed by atoms with Gasteiger partial charge in [-0.15, -0.1) is 36.2 Å². The number of aromatic nitrogens is 1. The molecule has 21 heavy (non-hydrogen) atoms. The maximum absolute atomic E-state index is 13.0. The van der Waals surface area contributed by atoms with E-state index in [2.05, 4.69) is 15.6 Å². The molecule has 1 aliphatic carbocycles. The van der Waals surface area contributed by atoms with Crippen LogP contribution in [0.15, 0.2) is 5.38 Å². The minimum atomic E-state index is -2.78. The summed E-state index contributed by atoms with van der Waals surface area (Å²) in [6.07, 6.45) is 1.96. The maximum Gasteiger partial charge on any atom is 0.262 e. The number of amides is 1. The molecule has 2 N–H and O–H groups in total. The summed E-state index contributed by atoms with van der Waals surface area (Å²) >= 11 is 1.51. The Bertz CT molecular complexity index is 497. The highest BCUT2D eigenvalue weighted by Gasteiger charge is 2.42. The third-order valence-electron chi connectivity index (χ3n) is 3.41. The van der Waals surface area contributed by atoms with Gasteiger partial charge >= 0.3 is 0 Å². The summed E-state index contributed by atoms with van der Waals surface area (Å²) in [5.41, 5.74) is 1.10. The van der Waals surface area contributed by atoms with Gasteiger partial charge in [-0.2, -0.15) is 0 Å². The number of nitrogens with one attached hydrogen (secondary N) is 2. The Labute approximate surface area is 137 Å². The normalized spacial score (nSPS) is 23.0. The Morgan fingerprint density at radius 1 is 1.48 bits per heavy atom. The summed E-state index contributed by atoms with van der Waals surface area (Å²) in [4.78, 5) is 16.2. The van der Waals surface area contributed by atoms with Crippen LogP contribution in [0, 0.1) is 0 Å². The number of hydrogen-bond acceptors (Lipinski definition) is 4. The Hall–Kier alpha value is -0.500. The zero-order valence-electron chi connectivity index (χ0n) is 11.1. The number of carbonyl (C=O) groups excluding carboxylic acids is 1. The molecule has 1 aromatic heterocycles. The molecule has 1 saturated carbocycles. The first kappa shape index (κ1) is 18.5. The molecular weight excluding hydrogens is 343 g/mol. The number of rotatable bonds is 4. The van der Waals surface area contributed by atoms with Gasteiger partial charge in [-0.05, 0) is 12.8 Å². The van der Waals surface area contributed by atoms with E-state index in [0.717, 1.165) is 10.7 Å². The zero-order chi connectivity index (χ0) is 13.5. The lowest BCUT2D eigenvalue weighted by Gasteiger charge is -2.10. The van der Waals surface area contributed by atoms with Crippen molar-refractivity contribution in [2.75, 3.05) is 6.54 Å². The molecule has 1 unspecified atom stereocenters. The first-order valence-corrected chi connectivity index (χ1v) is 7.25. The van der Waals surface area contributed by atoms with Crippen molar-refractivity contribution in [2.24, 2.45) is 0 Å². The van der Waals surface area contributed by atoms with Gasteiger partial charge in [0.05, 0.1) is 24.8 Å². The zero-order valence-corrected chi connectivity index (χ0v) is 13.6. The molecule has 1 amide bonds. The molecule has 2 aliphatic rings. The van der Waals surface area contributed by atoms with E-state index in [1.165, 1.54) is 24.2 Å². The lowest BCUT2D eigenvalue weighted by Crippen LogP contribution is -2.40. The van der Waals surface area contributed by atoms with Crippen LogP contribution in [-0.2, 0) is 11.3 Å². The molecule has 1 saturated heterocycles. The Morgan fingerprint density at radius 2 is 2.19 bits per heavy atom. The minimum Gasteiger partial charge on any atom is -0.348 e. The molecule has 120 valence electrons. The highest BCUT2D eigenvalue weighted by molar-refractivity contribution is 7.09. The Balaban J connectivity index is 0.00000110. The van der Waals surface area contributed by atoms with Crippen LogP contribution >= 0.6 is 36.2 Å². The molecule has 1 aliphatic heterocycles. The van der Waals surface area contributed by atoms with Gasteiger partial charge in [-0.25, -0.2) is 13.8 Å². The van der Waals surface area contributed by atoms with Crippen molar-refractivity contribution in [3.05, 3.63) is 16.1 Å². The van der Waals surface area contributed by atoms with Crippen molar-refractivity contribution < 1.29 is 13.6 Å². The van der Waals surface area contributed by atoms with Crippen LogP contribution in [0.5, 0.6) is 0 Å². The summed E-state index contributed by atoms with van der Waals surface area (Å²) in [5, 5.41) is 8.05. The number of nitrogens with zero attached hydrogens (tertiary/aromatic N) is 1. The predicted octanol–water partition coefficient (Wildman–Crippen LogP) is 2.48. The van der Waals surface area contributed by atoms with Gasteiger partial charge in [0.2, 0.25) is 5.91 Å². The summed E-state index contributed by atoms with van der Waals surface area (Å²) in [7, 11) is 0. The van der Waals surface area contributed by atoms with E-state index in [9.17, 15) is 13.6 Å². The van der Waals surface area contributed by atoms with E-state index in [1.54, 1.807) is 0 Å². The summed E-state index contributed by atoms with van der Waals surface area (Å²) < 4.78 is 25.9. The minimum absolute atomic E-state index is 0. The van der Waals surface area contributed by atoms with Crippen molar-refractivity contribution in [1.82, 2.24) is 15.6 Å². The van der Waals surface area contributed by atoms with Crippen molar-refractivity contribution in [3.63, 3.8) is 0 Å². The van der Waals surface area contributed by atoms with Gasteiger partial charge < -0.3 is 5.32 Å². The molecule has 3 rings (SSSR count). The third-order valence-corrected chi connectivity index (χ3v) is 4.27. The van der Waals surface area contributed by atoms with Gasteiger partial charge in [-0.1, -0.05) is 0 Å². The predicted molar refractivity (Wildman–Crippen MR) is 81.8 cm³/mol. The molecule has 2 heterocycles. The van der Waals surface area contributed by atoms with Gasteiger partial charge in [-0.3, -0.25) is 10.1 Å². The van der Waals surface area contributed by atoms with Gasteiger partial charge in [0.25, 0.3) is 5.92 Å². The smallest absolute Gasteiger partial charge is 0.262 e. The van der Waals surface area contributed by atoms with Crippen LogP contribution in [0.1, 0.15) is 35.9 Å². The lowest BCUT2D eigenvalue weighted by atomic mass is 10.2. The van der Waals surface area contributed by atoms with Gasteiger partial charge in [0.15, 0.2) is 0 Å². The van der Waals surface area contributed by atoms with E-state index in [1.807, 2.05) is 5.38 Å². The molecule has 4 nitrogen and oxygen atoms in total. The average molecular weight is 360 g/mol. The first-order valence-electron chi connectivity index (χ1n) is 6.37. The average Bonchev–Trinajstić information content (AvgIpc) is 2.99. The van der Waals surface area contributed by atoms with Crippen molar-refractivity contribution in [3.8, 4) is 0 Å². The van der Waals surface area contributed by atoms with Gasteiger partial charge in [0.1, 0.15) is 5.01 Å². The SMILES string of the molecule is Cl.Cl.O=C(NCc1nc(C2CC2)cs1)C1CC(F)(F)CN1. The van der Waals surface area contributed by atoms with Crippen LogP contribution in [0.2, 0.25) is 0 Å². The number of carbonyl (C=O) groups is 1. The van der Waals surface area contributed by atoms with Crippen LogP contribution in [0.25, 0.3) is 0 Å². The fourth-order valence-electron chi connectivity index (χ4n) is 2.16. The molecule has 0 spiro atoms. The molecule has 1 atom stereocenters. The van der Waals surface area contributed by atoms with E-state index in [4.69, 9.17) is 0 Å². The molecule has 0 bridgehead atoms. The van der Waals surface area contributed by atoms with E-state index in [-0.39, 0.29) is 30.7 Å². The molecule has 0 aromatic carbocycles. The first-order chi connectivity index (χ1) is 9.03. The van der Waals surface area contributed by atoms with Crippen molar-refractivity contribution >= 4 is 42.1 Å². The molecule has 2 fully saturated rings. The third kappa shape index (κ3) is 4.74. The summed E-state index contributed by atoms with van der Waals surface area (Å²) in [6.45, 7) is -0.103. The maximum atomic E-state index is 13.0. The second kappa shape index (κ2) is 7.17. The Morgan fingerprint density at radius 3 is 2.76 bits per heavy atom. The van der Waals surface area contributed by atoms with E-state index in [0.29, 0.717) is 12.5 Å². The van der Waals surface area contributed by atoms with Crippen molar-refractivity contribution in [1.29, 1.82) is 0 Å². The molecule has 9 heteroatoms. The summed E-state index contributed by atoms with van der Waals surface area (Å²) in [5.74, 6) is -2.56. The standard InChI is InChI=1S/C12H15F2N3OS.2ClH/c13-12(14)3-8(16-6-12)11(18)15-4-10-17-9(5-19-10)7-1-2-7;;/h5,7-8,16H,1-4,6H2,(H,15,18);2*1H. The molecule has 0 radical (unpaired) electrons. The van der Waals surface area contributed by atoms with Crippen LogP contribution < -0.4 is 10.6 Å². The highest BCUT2D eigenvalue weighted by atomic mass is 35.5. The summed E-state index contributed by atoms with van der Waals surface area (Å²) in [6, 6.07) is -0.794. The van der Waals surface area contributed by atoms with E-state index >= 15 is 0 Å². The molecule has 1 aromatic rings. The van der Waals surface area contributed by atoms with Gasteiger partial charge in [0, 0.05) is 17.7 Å². The van der Waals surface area contributed by atoms with Crippen molar-refractivity contribution in [2.45, 2.75) is 43.7 Å². The van der Waals surface area contributed by atoms with Crippen LogP contribution in [0.3, 0.4) is 0 Å². The van der Waals surface area contributed by atoms with Crippen LogP contribution in [0.4, 0.5) is 8.78 Å². The number of thiazole rings is 1. The highest BCUT2D eigenvalue weighted by Crippen LogP contribution is 2.40. The number of alkyl halides is 2. The Kier molecular flexibility index (Phi) is 6.34. The number of halogens is 4. The fraction of sp³-hybridized carbons (Fsp3) is 0.667. The van der Waals surface area contributed by atoms with E-state index < -0.39 is 24.9 Å². The molecular formula is C12H17Cl2F2N3OS. The largest absolute Gasteiger partial charge is 0.348 e. The fourth-order valence-corrected chi connectivity index (χ4v) is 2.98. The lowest BCUT2D eigenvalue weighted by molar-refractivity contribution is -0.123. The topological polar surface area (TPSA) is 54.0 Å². The number of hydrogen-bond donors (Lipinski definition) is 2.